The molecular weight excluding hydrogens is 311 g/mol. The van der Waals surface area contributed by atoms with Gasteiger partial charge in [0.25, 0.3) is 0 Å². The van der Waals surface area contributed by atoms with Gasteiger partial charge in [0.1, 0.15) is 5.82 Å². The molecule has 0 unspecified atom stereocenters. The fraction of sp³-hybridized carbons (Fsp3) is 0.353. The summed E-state index contributed by atoms with van der Waals surface area (Å²) in [6.07, 6.45) is 2.15. The van der Waals surface area contributed by atoms with Crippen molar-refractivity contribution in [2.24, 2.45) is 0 Å². The van der Waals surface area contributed by atoms with E-state index in [0.717, 1.165) is 48.9 Å². The maximum absolute atomic E-state index is 13.2. The molecule has 1 aromatic carbocycles. The highest BCUT2D eigenvalue weighted by Crippen LogP contribution is 2.29. The average Bonchev–Trinajstić information content (AvgIpc) is 3.07. The number of imidazole rings is 1. The lowest BCUT2D eigenvalue weighted by Gasteiger charge is -2.27. The van der Waals surface area contributed by atoms with E-state index in [9.17, 15) is 4.39 Å². The molecule has 0 amide bonds. The predicted octanol–water partition coefficient (Wildman–Crippen LogP) is 2.92. The number of halogens is 1. The van der Waals surface area contributed by atoms with Crippen molar-refractivity contribution in [2.75, 3.05) is 26.2 Å². The number of hydrogen-bond acceptors (Lipinski definition) is 4. The zero-order valence-electron chi connectivity index (χ0n) is 13.1. The Morgan fingerprint density at radius 3 is 2.70 bits per heavy atom. The standard InChI is InChI=1S/C17H19FN4S/c1-12-10-22-15(11-21-8-6-19-7-9-21)16(20-17(22)23-12)13-2-4-14(18)5-3-13/h2-5,10,19H,6-9,11H2,1H3. The van der Waals surface area contributed by atoms with Crippen LogP contribution in [0.25, 0.3) is 16.2 Å². The monoisotopic (exact) mass is 330 g/mol. The molecule has 3 heterocycles. The second kappa shape index (κ2) is 6.03. The van der Waals surface area contributed by atoms with E-state index in [1.54, 1.807) is 11.3 Å². The zero-order valence-corrected chi connectivity index (χ0v) is 13.9. The first-order chi connectivity index (χ1) is 11.2. The Labute approximate surface area is 138 Å². The Kier molecular flexibility index (Phi) is 3.88. The Hall–Kier alpha value is -1.76. The molecule has 0 radical (unpaired) electrons. The Bertz CT molecular complexity index is 815. The van der Waals surface area contributed by atoms with Crippen LogP contribution in [0.3, 0.4) is 0 Å². The summed E-state index contributed by atoms with van der Waals surface area (Å²) in [4.78, 5) is 9.52. The van der Waals surface area contributed by atoms with Crippen molar-refractivity contribution in [2.45, 2.75) is 13.5 Å². The predicted molar refractivity (Wildman–Crippen MR) is 91.3 cm³/mol. The maximum atomic E-state index is 13.2. The first kappa shape index (κ1) is 14.8. The van der Waals surface area contributed by atoms with Gasteiger partial charge < -0.3 is 5.32 Å². The summed E-state index contributed by atoms with van der Waals surface area (Å²) in [6.45, 7) is 7.10. The molecule has 4 rings (SSSR count). The second-order valence-electron chi connectivity index (χ2n) is 5.93. The topological polar surface area (TPSA) is 32.6 Å². The van der Waals surface area contributed by atoms with Crippen LogP contribution in [0.15, 0.2) is 30.5 Å². The van der Waals surface area contributed by atoms with Crippen molar-refractivity contribution < 1.29 is 4.39 Å². The molecule has 1 N–H and O–H groups in total. The van der Waals surface area contributed by atoms with Crippen LogP contribution in [0.2, 0.25) is 0 Å². The molecule has 1 aliphatic heterocycles. The van der Waals surface area contributed by atoms with E-state index in [1.807, 2.05) is 12.1 Å². The van der Waals surface area contributed by atoms with Gasteiger partial charge in [-0.25, -0.2) is 9.37 Å². The lowest BCUT2D eigenvalue weighted by Crippen LogP contribution is -2.43. The van der Waals surface area contributed by atoms with Gasteiger partial charge in [0.15, 0.2) is 4.96 Å². The summed E-state index contributed by atoms with van der Waals surface area (Å²) in [5.74, 6) is -0.214. The normalized spacial score (nSPS) is 16.3. The van der Waals surface area contributed by atoms with Crippen LogP contribution >= 0.6 is 11.3 Å². The first-order valence-corrected chi connectivity index (χ1v) is 8.69. The molecule has 1 aliphatic rings. The minimum Gasteiger partial charge on any atom is -0.314 e. The highest BCUT2D eigenvalue weighted by molar-refractivity contribution is 7.17. The van der Waals surface area contributed by atoms with Crippen LogP contribution in [0.4, 0.5) is 4.39 Å². The minimum atomic E-state index is -0.214. The molecule has 23 heavy (non-hydrogen) atoms. The first-order valence-electron chi connectivity index (χ1n) is 7.87. The number of aromatic nitrogens is 2. The number of nitrogens with zero attached hydrogens (tertiary/aromatic N) is 3. The molecular formula is C17H19FN4S. The van der Waals surface area contributed by atoms with Crippen molar-refractivity contribution in [3.05, 3.63) is 46.9 Å². The van der Waals surface area contributed by atoms with Crippen LogP contribution in [0, 0.1) is 12.7 Å². The molecule has 2 aromatic heterocycles. The number of hydrogen-bond donors (Lipinski definition) is 1. The molecule has 120 valence electrons. The minimum absolute atomic E-state index is 0.214. The van der Waals surface area contributed by atoms with Crippen molar-refractivity contribution in [3.8, 4) is 11.3 Å². The molecule has 0 saturated carbocycles. The van der Waals surface area contributed by atoms with Gasteiger partial charge in [0.2, 0.25) is 0 Å². The third kappa shape index (κ3) is 2.89. The number of benzene rings is 1. The summed E-state index contributed by atoms with van der Waals surface area (Å²) in [5, 5.41) is 3.38. The molecule has 0 aliphatic carbocycles. The number of fused-ring (bicyclic) bond motifs is 1. The van der Waals surface area contributed by atoms with Crippen LogP contribution in [0.5, 0.6) is 0 Å². The molecule has 0 spiro atoms. The highest BCUT2D eigenvalue weighted by atomic mass is 32.1. The second-order valence-corrected chi connectivity index (χ2v) is 7.15. The van der Waals surface area contributed by atoms with Crippen LogP contribution in [-0.4, -0.2) is 40.5 Å². The highest BCUT2D eigenvalue weighted by Gasteiger charge is 2.19. The maximum Gasteiger partial charge on any atom is 0.194 e. The van der Waals surface area contributed by atoms with Gasteiger partial charge in [-0.1, -0.05) is 0 Å². The number of nitrogens with one attached hydrogen (secondary N) is 1. The van der Waals surface area contributed by atoms with E-state index in [2.05, 4.69) is 27.7 Å². The van der Waals surface area contributed by atoms with Crippen LogP contribution in [0.1, 0.15) is 10.6 Å². The molecule has 6 heteroatoms. The molecule has 4 nitrogen and oxygen atoms in total. The number of thiazole rings is 1. The Balaban J connectivity index is 1.77. The largest absolute Gasteiger partial charge is 0.314 e. The molecule has 1 fully saturated rings. The smallest absolute Gasteiger partial charge is 0.194 e. The van der Waals surface area contributed by atoms with Crippen LogP contribution < -0.4 is 5.32 Å². The summed E-state index contributed by atoms with van der Waals surface area (Å²) >= 11 is 1.69. The summed E-state index contributed by atoms with van der Waals surface area (Å²) in [5.41, 5.74) is 3.14. The quantitative estimate of drug-likeness (QED) is 0.801. The van der Waals surface area contributed by atoms with Gasteiger partial charge in [-0.3, -0.25) is 9.30 Å². The third-order valence-electron chi connectivity index (χ3n) is 4.24. The fourth-order valence-electron chi connectivity index (χ4n) is 3.07. The van der Waals surface area contributed by atoms with Crippen molar-refractivity contribution in [1.29, 1.82) is 0 Å². The van der Waals surface area contributed by atoms with Gasteiger partial charge in [0, 0.05) is 49.4 Å². The molecule has 3 aromatic rings. The number of aryl methyl sites for hydroxylation is 1. The Morgan fingerprint density at radius 1 is 1.22 bits per heavy atom. The third-order valence-corrected chi connectivity index (χ3v) is 5.14. The van der Waals surface area contributed by atoms with E-state index in [0.29, 0.717) is 0 Å². The fourth-order valence-corrected chi connectivity index (χ4v) is 3.92. The van der Waals surface area contributed by atoms with Gasteiger partial charge >= 0.3 is 0 Å². The zero-order chi connectivity index (χ0) is 15.8. The van der Waals surface area contributed by atoms with Gasteiger partial charge in [-0.15, -0.1) is 11.3 Å². The van der Waals surface area contributed by atoms with Gasteiger partial charge in [0.05, 0.1) is 11.4 Å². The molecule has 0 bridgehead atoms. The SMILES string of the molecule is Cc1cn2c(CN3CCNCC3)c(-c3ccc(F)cc3)nc2s1. The van der Waals surface area contributed by atoms with Crippen LogP contribution in [-0.2, 0) is 6.54 Å². The van der Waals surface area contributed by atoms with E-state index >= 15 is 0 Å². The average molecular weight is 330 g/mol. The lowest BCUT2D eigenvalue weighted by molar-refractivity contribution is 0.230. The van der Waals surface area contributed by atoms with E-state index in [1.165, 1.54) is 22.7 Å². The van der Waals surface area contributed by atoms with Gasteiger partial charge in [-0.05, 0) is 31.2 Å². The van der Waals surface area contributed by atoms with E-state index in [4.69, 9.17) is 4.98 Å². The Morgan fingerprint density at radius 2 is 1.96 bits per heavy atom. The lowest BCUT2D eigenvalue weighted by atomic mass is 10.1. The van der Waals surface area contributed by atoms with Crippen molar-refractivity contribution in [1.82, 2.24) is 19.6 Å². The van der Waals surface area contributed by atoms with E-state index < -0.39 is 0 Å². The number of rotatable bonds is 3. The number of piperazine rings is 1. The summed E-state index contributed by atoms with van der Waals surface area (Å²) in [6, 6.07) is 6.64. The summed E-state index contributed by atoms with van der Waals surface area (Å²) < 4.78 is 15.4. The van der Waals surface area contributed by atoms with Crippen molar-refractivity contribution >= 4 is 16.3 Å². The van der Waals surface area contributed by atoms with Crippen molar-refractivity contribution in [3.63, 3.8) is 0 Å². The summed E-state index contributed by atoms with van der Waals surface area (Å²) in [7, 11) is 0. The van der Waals surface area contributed by atoms with Gasteiger partial charge in [-0.2, -0.15) is 0 Å². The van der Waals surface area contributed by atoms with E-state index in [-0.39, 0.29) is 5.82 Å². The molecule has 0 atom stereocenters. The molecule has 1 saturated heterocycles.